The normalized spacial score (nSPS) is 11.5. The predicted octanol–water partition coefficient (Wildman–Crippen LogP) is 1.39. The number of benzene rings is 1. The van der Waals surface area contributed by atoms with E-state index in [0.29, 0.717) is 0 Å². The number of rotatable bonds is 2. The summed E-state index contributed by atoms with van der Waals surface area (Å²) in [5.41, 5.74) is 1.10. The van der Waals surface area contributed by atoms with E-state index in [9.17, 15) is 12.8 Å². The topological polar surface area (TPSA) is 72.8 Å². The van der Waals surface area contributed by atoms with Crippen molar-refractivity contribution in [2.24, 2.45) is 0 Å². The van der Waals surface area contributed by atoms with Crippen molar-refractivity contribution in [3.05, 3.63) is 35.8 Å². The summed E-state index contributed by atoms with van der Waals surface area (Å²) < 4.78 is 36.3. The average molecular weight is 267 g/mol. The maximum atomic E-state index is 13.7. The summed E-state index contributed by atoms with van der Waals surface area (Å²) in [5.74, 6) is -0.477. The van der Waals surface area contributed by atoms with Crippen LogP contribution in [0.3, 0.4) is 0 Å². The van der Waals surface area contributed by atoms with Gasteiger partial charge >= 0.3 is 0 Å². The summed E-state index contributed by atoms with van der Waals surface area (Å²) >= 11 is 0. The van der Waals surface area contributed by atoms with Crippen molar-refractivity contribution < 1.29 is 12.8 Å². The number of aryl methyl sites for hydroxylation is 1. The van der Waals surface area contributed by atoms with Crippen LogP contribution in [0.5, 0.6) is 0 Å². The first-order valence-electron chi connectivity index (χ1n) is 5.04. The molecule has 0 saturated heterocycles. The fourth-order valence-corrected chi connectivity index (χ4v) is 1.86. The molecular weight excluding hydrogens is 257 g/mol. The van der Waals surface area contributed by atoms with E-state index in [1.807, 2.05) is 0 Å². The van der Waals surface area contributed by atoms with E-state index in [4.69, 9.17) is 0 Å². The van der Waals surface area contributed by atoms with Gasteiger partial charge in [-0.05, 0) is 24.6 Å². The first-order chi connectivity index (χ1) is 8.38. The Labute approximate surface area is 104 Å². The van der Waals surface area contributed by atoms with Gasteiger partial charge in [-0.2, -0.15) is 5.10 Å². The second-order valence-corrected chi connectivity index (χ2v) is 5.79. The quantitative estimate of drug-likeness (QED) is 0.822. The lowest BCUT2D eigenvalue weighted by Gasteiger charge is -2.04. The summed E-state index contributed by atoms with van der Waals surface area (Å²) in [6.45, 7) is 1.76. The van der Waals surface area contributed by atoms with Gasteiger partial charge < -0.3 is 0 Å². The lowest BCUT2D eigenvalue weighted by atomic mass is 10.1. The molecule has 0 aliphatic carbocycles. The molecule has 0 spiro atoms. The van der Waals surface area contributed by atoms with Crippen LogP contribution in [0.1, 0.15) is 5.56 Å². The maximum Gasteiger partial charge on any atom is 0.267 e. The smallest absolute Gasteiger partial charge is 0.221 e. The van der Waals surface area contributed by atoms with Crippen LogP contribution in [0.25, 0.3) is 11.3 Å². The van der Waals surface area contributed by atoms with E-state index in [-0.39, 0.29) is 11.3 Å². The van der Waals surface area contributed by atoms with Crippen molar-refractivity contribution in [1.82, 2.24) is 15.2 Å². The number of hydrogen-bond donors (Lipinski definition) is 0. The second-order valence-electron chi connectivity index (χ2n) is 3.88. The second kappa shape index (κ2) is 4.41. The Morgan fingerprint density at radius 3 is 2.61 bits per heavy atom. The standard InChI is InChI=1S/C11H10FN3O2S/c1-7-3-4-8(9(12)5-7)10-6-13-15-11(14-10)18(2,16)17/h3-6H,1-2H3. The number of aromatic nitrogens is 3. The molecule has 0 unspecified atom stereocenters. The lowest BCUT2D eigenvalue weighted by Crippen LogP contribution is -2.06. The molecule has 0 aliphatic heterocycles. The number of nitrogens with zero attached hydrogens (tertiary/aromatic N) is 3. The molecule has 0 fully saturated rings. The molecular formula is C11H10FN3O2S. The van der Waals surface area contributed by atoms with Crippen molar-refractivity contribution in [3.8, 4) is 11.3 Å². The average Bonchev–Trinajstić information content (AvgIpc) is 2.28. The van der Waals surface area contributed by atoms with Crippen LogP contribution in [0.4, 0.5) is 4.39 Å². The highest BCUT2D eigenvalue weighted by Crippen LogP contribution is 2.21. The Morgan fingerprint density at radius 1 is 1.28 bits per heavy atom. The molecule has 0 N–H and O–H groups in total. The Bertz CT molecular complexity index is 701. The van der Waals surface area contributed by atoms with Crippen molar-refractivity contribution in [2.45, 2.75) is 12.1 Å². The summed E-state index contributed by atoms with van der Waals surface area (Å²) in [5, 5.41) is 6.53. The predicted molar refractivity (Wildman–Crippen MR) is 63.1 cm³/mol. The first kappa shape index (κ1) is 12.6. The SMILES string of the molecule is Cc1ccc(-c2cnnc(S(C)(=O)=O)n2)c(F)c1. The monoisotopic (exact) mass is 267 g/mol. The third-order valence-electron chi connectivity index (χ3n) is 2.27. The molecule has 0 amide bonds. The molecule has 18 heavy (non-hydrogen) atoms. The van der Waals surface area contributed by atoms with E-state index in [1.165, 1.54) is 18.3 Å². The van der Waals surface area contributed by atoms with Gasteiger partial charge in [-0.3, -0.25) is 0 Å². The van der Waals surface area contributed by atoms with Gasteiger partial charge in [0.25, 0.3) is 5.16 Å². The van der Waals surface area contributed by atoms with E-state index in [0.717, 1.165) is 11.8 Å². The minimum Gasteiger partial charge on any atom is -0.221 e. The molecule has 2 rings (SSSR count). The molecule has 0 aliphatic rings. The molecule has 0 bridgehead atoms. The van der Waals surface area contributed by atoms with Gasteiger partial charge in [-0.15, -0.1) is 5.10 Å². The van der Waals surface area contributed by atoms with Crippen LogP contribution in [-0.2, 0) is 9.84 Å². The highest BCUT2D eigenvalue weighted by molar-refractivity contribution is 7.90. The highest BCUT2D eigenvalue weighted by atomic mass is 32.2. The van der Waals surface area contributed by atoms with Gasteiger partial charge in [-0.25, -0.2) is 17.8 Å². The number of halogens is 1. The molecule has 1 heterocycles. The summed E-state index contributed by atoms with van der Waals surface area (Å²) in [4.78, 5) is 3.80. The van der Waals surface area contributed by atoms with Crippen LogP contribution >= 0.6 is 0 Å². The summed E-state index contributed by atoms with van der Waals surface area (Å²) in [7, 11) is -3.56. The van der Waals surface area contributed by atoms with Crippen LogP contribution in [0, 0.1) is 12.7 Å². The molecule has 0 atom stereocenters. The fraction of sp³-hybridized carbons (Fsp3) is 0.182. The lowest BCUT2D eigenvalue weighted by molar-refractivity contribution is 0.588. The van der Waals surface area contributed by atoms with E-state index in [1.54, 1.807) is 13.0 Å². The molecule has 2 aromatic rings. The number of hydrogen-bond acceptors (Lipinski definition) is 5. The molecule has 5 nitrogen and oxygen atoms in total. The molecule has 0 radical (unpaired) electrons. The van der Waals surface area contributed by atoms with Crippen LogP contribution in [-0.4, -0.2) is 29.9 Å². The Hall–Kier alpha value is -1.89. The molecule has 1 aromatic heterocycles. The summed E-state index contributed by atoms with van der Waals surface area (Å²) in [6.07, 6.45) is 2.20. The van der Waals surface area contributed by atoms with E-state index in [2.05, 4.69) is 15.2 Å². The highest BCUT2D eigenvalue weighted by Gasteiger charge is 2.14. The van der Waals surface area contributed by atoms with Gasteiger partial charge in [0, 0.05) is 11.8 Å². The molecule has 7 heteroatoms. The van der Waals surface area contributed by atoms with Crippen LogP contribution in [0.15, 0.2) is 29.6 Å². The largest absolute Gasteiger partial charge is 0.267 e. The fourth-order valence-electron chi connectivity index (χ4n) is 1.40. The third kappa shape index (κ3) is 2.51. The van der Waals surface area contributed by atoms with Gasteiger partial charge in [-0.1, -0.05) is 6.07 Å². The van der Waals surface area contributed by atoms with Crippen molar-refractivity contribution in [1.29, 1.82) is 0 Å². The zero-order valence-corrected chi connectivity index (χ0v) is 10.6. The molecule has 0 saturated carbocycles. The van der Waals surface area contributed by atoms with Crippen molar-refractivity contribution >= 4 is 9.84 Å². The van der Waals surface area contributed by atoms with Gasteiger partial charge in [0.2, 0.25) is 9.84 Å². The van der Waals surface area contributed by atoms with Crippen LogP contribution in [0.2, 0.25) is 0 Å². The summed E-state index contributed by atoms with van der Waals surface area (Å²) in [6, 6.07) is 4.58. The minimum atomic E-state index is -3.56. The van der Waals surface area contributed by atoms with Crippen LogP contribution < -0.4 is 0 Å². The van der Waals surface area contributed by atoms with Gasteiger partial charge in [0.05, 0.1) is 11.9 Å². The van der Waals surface area contributed by atoms with Gasteiger partial charge in [0.1, 0.15) is 5.82 Å². The van der Waals surface area contributed by atoms with E-state index < -0.39 is 20.8 Å². The minimum absolute atomic E-state index is 0.142. The first-order valence-corrected chi connectivity index (χ1v) is 6.93. The third-order valence-corrected chi connectivity index (χ3v) is 3.11. The maximum absolute atomic E-state index is 13.7. The molecule has 94 valence electrons. The Balaban J connectivity index is 2.58. The Kier molecular flexibility index (Phi) is 3.08. The van der Waals surface area contributed by atoms with Crippen molar-refractivity contribution in [2.75, 3.05) is 6.26 Å². The molecule has 1 aromatic carbocycles. The number of sulfone groups is 1. The zero-order valence-electron chi connectivity index (χ0n) is 9.75. The Morgan fingerprint density at radius 2 is 2.00 bits per heavy atom. The van der Waals surface area contributed by atoms with Gasteiger partial charge in [0.15, 0.2) is 0 Å². The van der Waals surface area contributed by atoms with E-state index >= 15 is 0 Å². The van der Waals surface area contributed by atoms with Crippen molar-refractivity contribution in [3.63, 3.8) is 0 Å². The zero-order chi connectivity index (χ0) is 13.3.